The number of aromatic amines is 1. The number of H-pyrrole nitrogens is 1. The fourth-order valence-corrected chi connectivity index (χ4v) is 3.66. The van der Waals surface area contributed by atoms with E-state index in [4.69, 9.17) is 9.47 Å². The zero-order chi connectivity index (χ0) is 19.8. The predicted octanol–water partition coefficient (Wildman–Crippen LogP) is 3.17. The van der Waals surface area contributed by atoms with E-state index < -0.39 is 11.6 Å². The summed E-state index contributed by atoms with van der Waals surface area (Å²) in [5.41, 5.74) is 1.12. The molecule has 8 heteroatoms. The van der Waals surface area contributed by atoms with E-state index in [1.165, 1.54) is 20.3 Å². The number of benzene rings is 2. The highest BCUT2D eigenvalue weighted by atomic mass is 19.1. The van der Waals surface area contributed by atoms with E-state index in [-0.39, 0.29) is 12.1 Å². The third-order valence-corrected chi connectivity index (χ3v) is 4.90. The van der Waals surface area contributed by atoms with Crippen LogP contribution in [-0.4, -0.2) is 30.7 Å². The number of hydrogen-bond acceptors (Lipinski definition) is 5. The van der Waals surface area contributed by atoms with Crippen LogP contribution in [0.15, 0.2) is 29.1 Å². The van der Waals surface area contributed by atoms with Crippen molar-refractivity contribution in [2.75, 3.05) is 25.7 Å². The van der Waals surface area contributed by atoms with E-state index in [0.717, 1.165) is 12.5 Å². The van der Waals surface area contributed by atoms with Crippen LogP contribution in [0.1, 0.15) is 17.8 Å². The van der Waals surface area contributed by atoms with E-state index in [1.807, 2.05) is 0 Å². The molecule has 3 aromatic rings. The van der Waals surface area contributed by atoms with Gasteiger partial charge in [-0.15, -0.1) is 0 Å². The van der Waals surface area contributed by atoms with Crippen LogP contribution in [0.4, 0.5) is 14.5 Å². The van der Waals surface area contributed by atoms with E-state index in [2.05, 4.69) is 9.97 Å². The third-order valence-electron chi connectivity index (χ3n) is 4.90. The van der Waals surface area contributed by atoms with Crippen molar-refractivity contribution in [2.24, 2.45) is 0 Å². The zero-order valence-electron chi connectivity index (χ0n) is 15.5. The topological polar surface area (TPSA) is 67.5 Å². The minimum atomic E-state index is -0.607. The van der Waals surface area contributed by atoms with Crippen molar-refractivity contribution in [3.63, 3.8) is 0 Å². The molecule has 0 saturated carbocycles. The summed E-state index contributed by atoms with van der Waals surface area (Å²) < 4.78 is 38.4. The van der Waals surface area contributed by atoms with Crippen LogP contribution >= 0.6 is 0 Å². The van der Waals surface area contributed by atoms with Crippen molar-refractivity contribution in [3.8, 4) is 11.5 Å². The Labute approximate surface area is 159 Å². The second-order valence-electron chi connectivity index (χ2n) is 6.66. The number of nitrogens with zero attached hydrogens (tertiary/aromatic N) is 2. The summed E-state index contributed by atoms with van der Waals surface area (Å²) in [4.78, 5) is 21.6. The van der Waals surface area contributed by atoms with Gasteiger partial charge in [0.2, 0.25) is 0 Å². The Morgan fingerprint density at radius 3 is 2.64 bits per heavy atom. The highest BCUT2D eigenvalue weighted by Gasteiger charge is 2.23. The number of ether oxygens (including phenoxy) is 2. The normalized spacial score (nSPS) is 13.5. The van der Waals surface area contributed by atoms with Crippen molar-refractivity contribution < 1.29 is 18.3 Å². The van der Waals surface area contributed by atoms with Gasteiger partial charge in [0, 0.05) is 18.7 Å². The monoisotopic (exact) mass is 387 g/mol. The Morgan fingerprint density at radius 2 is 1.89 bits per heavy atom. The van der Waals surface area contributed by atoms with Gasteiger partial charge in [0.1, 0.15) is 17.5 Å². The molecule has 0 fully saturated rings. The minimum Gasteiger partial charge on any atom is -0.493 e. The second kappa shape index (κ2) is 7.10. The lowest BCUT2D eigenvalue weighted by Gasteiger charge is -2.31. The number of aromatic nitrogens is 2. The van der Waals surface area contributed by atoms with Crippen LogP contribution in [0.25, 0.3) is 10.9 Å². The first kappa shape index (κ1) is 18.2. The van der Waals surface area contributed by atoms with E-state index in [9.17, 15) is 13.6 Å². The van der Waals surface area contributed by atoms with E-state index in [1.54, 1.807) is 17.0 Å². The first-order valence-electron chi connectivity index (χ1n) is 8.88. The number of methoxy groups -OCH3 is 2. The molecular formula is C20H19F2N3O3. The van der Waals surface area contributed by atoms with Gasteiger partial charge in [-0.1, -0.05) is 0 Å². The average Bonchev–Trinajstić information content (AvgIpc) is 2.66. The van der Waals surface area contributed by atoms with Crippen LogP contribution in [0, 0.1) is 11.6 Å². The summed E-state index contributed by atoms with van der Waals surface area (Å²) in [6.07, 6.45) is 1.37. The van der Waals surface area contributed by atoms with Crippen LogP contribution in [0.2, 0.25) is 0 Å². The smallest absolute Gasteiger partial charge is 0.258 e. The summed E-state index contributed by atoms with van der Waals surface area (Å²) >= 11 is 0. The van der Waals surface area contributed by atoms with Gasteiger partial charge in [-0.2, -0.15) is 0 Å². The SMILES string of the molecule is COc1cc2nc(CN3CCCc4cc(F)cc(F)c43)[nH]c(=O)c2cc1OC. The van der Waals surface area contributed by atoms with Gasteiger partial charge in [0.15, 0.2) is 11.5 Å². The number of hydrogen-bond donors (Lipinski definition) is 1. The van der Waals surface area contributed by atoms with Crippen LogP contribution < -0.4 is 19.9 Å². The summed E-state index contributed by atoms with van der Waals surface area (Å²) in [6.45, 7) is 0.790. The number of rotatable bonds is 4. The Bertz CT molecular complexity index is 1110. The number of anilines is 1. The molecule has 2 aromatic carbocycles. The van der Waals surface area contributed by atoms with Gasteiger partial charge in [0.25, 0.3) is 5.56 Å². The molecule has 0 atom stereocenters. The predicted molar refractivity (Wildman–Crippen MR) is 101 cm³/mol. The lowest BCUT2D eigenvalue weighted by Crippen LogP contribution is -2.31. The van der Waals surface area contributed by atoms with Gasteiger partial charge >= 0.3 is 0 Å². The maximum atomic E-state index is 14.4. The molecule has 6 nitrogen and oxygen atoms in total. The van der Waals surface area contributed by atoms with Crippen molar-refractivity contribution in [2.45, 2.75) is 19.4 Å². The van der Waals surface area contributed by atoms with Crippen molar-refractivity contribution >= 4 is 16.6 Å². The summed E-state index contributed by atoms with van der Waals surface area (Å²) in [7, 11) is 3.00. The molecule has 0 aliphatic carbocycles. The zero-order valence-corrected chi connectivity index (χ0v) is 15.5. The highest BCUT2D eigenvalue weighted by molar-refractivity contribution is 5.81. The molecule has 0 amide bonds. The van der Waals surface area contributed by atoms with Gasteiger partial charge < -0.3 is 19.4 Å². The molecule has 1 N–H and O–H groups in total. The first-order chi connectivity index (χ1) is 13.5. The molecular weight excluding hydrogens is 368 g/mol. The molecule has 146 valence electrons. The van der Waals surface area contributed by atoms with Gasteiger partial charge in [-0.3, -0.25) is 4.79 Å². The molecule has 0 saturated heterocycles. The number of aryl methyl sites for hydroxylation is 1. The molecule has 1 aliphatic heterocycles. The van der Waals surface area contributed by atoms with E-state index >= 15 is 0 Å². The van der Waals surface area contributed by atoms with Crippen molar-refractivity contribution in [1.29, 1.82) is 0 Å². The molecule has 2 heterocycles. The second-order valence-corrected chi connectivity index (χ2v) is 6.66. The van der Waals surface area contributed by atoms with Gasteiger partial charge in [0.05, 0.1) is 37.4 Å². The lowest BCUT2D eigenvalue weighted by atomic mass is 10.0. The molecule has 28 heavy (non-hydrogen) atoms. The molecule has 1 aliphatic rings. The minimum absolute atomic E-state index is 0.203. The van der Waals surface area contributed by atoms with Crippen molar-refractivity contribution in [3.05, 3.63) is 57.6 Å². The number of fused-ring (bicyclic) bond motifs is 2. The van der Waals surface area contributed by atoms with Gasteiger partial charge in [-0.25, -0.2) is 13.8 Å². The molecule has 0 radical (unpaired) electrons. The summed E-state index contributed by atoms with van der Waals surface area (Å²) in [5.74, 6) is 0.0925. The fraction of sp³-hybridized carbons (Fsp3) is 0.300. The molecule has 0 spiro atoms. The molecule has 0 unspecified atom stereocenters. The van der Waals surface area contributed by atoms with Gasteiger partial charge in [-0.05, 0) is 30.5 Å². The Morgan fingerprint density at radius 1 is 1.14 bits per heavy atom. The molecule has 0 bridgehead atoms. The van der Waals surface area contributed by atoms with Crippen LogP contribution in [0.3, 0.4) is 0 Å². The maximum absolute atomic E-state index is 14.4. The largest absolute Gasteiger partial charge is 0.493 e. The Kier molecular flexibility index (Phi) is 4.62. The van der Waals surface area contributed by atoms with E-state index in [0.29, 0.717) is 52.4 Å². The standard InChI is InChI=1S/C20H19F2N3O3/c1-27-16-8-13-15(9-17(16)28-2)23-18(24-20(13)26)10-25-5-3-4-11-6-12(21)7-14(22)19(11)25/h6-9H,3-5,10H2,1-2H3,(H,23,24,26). The lowest BCUT2D eigenvalue weighted by molar-refractivity contribution is 0.355. The summed E-state index contributed by atoms with van der Waals surface area (Å²) in [5, 5.41) is 0.369. The molecule has 4 rings (SSSR count). The number of nitrogens with one attached hydrogen (secondary N) is 1. The highest BCUT2D eigenvalue weighted by Crippen LogP contribution is 2.33. The Hall–Kier alpha value is -3.16. The fourth-order valence-electron chi connectivity index (χ4n) is 3.66. The quantitative estimate of drug-likeness (QED) is 0.745. The average molecular weight is 387 g/mol. The molecule has 1 aromatic heterocycles. The Balaban J connectivity index is 1.75. The number of halogens is 2. The summed E-state index contributed by atoms with van der Waals surface area (Å²) in [6, 6.07) is 5.44. The van der Waals surface area contributed by atoms with Crippen molar-refractivity contribution in [1.82, 2.24) is 9.97 Å². The first-order valence-corrected chi connectivity index (χ1v) is 8.88. The maximum Gasteiger partial charge on any atom is 0.258 e. The third kappa shape index (κ3) is 3.15. The van der Waals surface area contributed by atoms with Crippen LogP contribution in [-0.2, 0) is 13.0 Å². The van der Waals surface area contributed by atoms with Crippen LogP contribution in [0.5, 0.6) is 11.5 Å².